The Kier molecular flexibility index (Phi) is 4.79. The summed E-state index contributed by atoms with van der Waals surface area (Å²) < 4.78 is 1.91. The van der Waals surface area contributed by atoms with E-state index in [-0.39, 0.29) is 6.04 Å². The van der Waals surface area contributed by atoms with E-state index in [0.29, 0.717) is 0 Å². The minimum absolute atomic E-state index is 0.227. The molecule has 4 aromatic rings. The van der Waals surface area contributed by atoms with E-state index in [1.165, 1.54) is 11.1 Å². The lowest BCUT2D eigenvalue weighted by Crippen LogP contribution is -2.46. The van der Waals surface area contributed by atoms with Crippen LogP contribution >= 0.6 is 0 Å². The molecule has 0 N–H and O–H groups in total. The second-order valence-electron chi connectivity index (χ2n) is 7.68. The summed E-state index contributed by atoms with van der Waals surface area (Å²) in [6, 6.07) is 19.1. The molecule has 6 nitrogen and oxygen atoms in total. The van der Waals surface area contributed by atoms with Crippen LogP contribution in [0.5, 0.6) is 0 Å². The fourth-order valence-corrected chi connectivity index (χ4v) is 4.07. The average Bonchev–Trinajstić information content (AvgIpc) is 3.19. The molecule has 146 valence electrons. The number of rotatable bonds is 4. The predicted octanol–water partition coefficient (Wildman–Crippen LogP) is 3.28. The van der Waals surface area contributed by atoms with E-state index in [1.54, 1.807) is 0 Å². The second kappa shape index (κ2) is 7.73. The molecule has 1 saturated heterocycles. The summed E-state index contributed by atoms with van der Waals surface area (Å²) in [6.07, 6.45) is 5.79. The van der Waals surface area contributed by atoms with Crippen LogP contribution in [0.3, 0.4) is 0 Å². The van der Waals surface area contributed by atoms with E-state index < -0.39 is 0 Å². The Bertz CT molecular complexity index is 1090. The van der Waals surface area contributed by atoms with Crippen LogP contribution in [-0.2, 0) is 6.54 Å². The van der Waals surface area contributed by atoms with Gasteiger partial charge in [-0.1, -0.05) is 41.6 Å². The summed E-state index contributed by atoms with van der Waals surface area (Å²) in [6.45, 7) is 3.93. The van der Waals surface area contributed by atoms with Gasteiger partial charge in [0.1, 0.15) is 5.69 Å². The molecule has 1 aliphatic rings. The first-order valence-electron chi connectivity index (χ1n) is 10.00. The van der Waals surface area contributed by atoms with Crippen molar-refractivity contribution in [2.45, 2.75) is 12.6 Å². The summed E-state index contributed by atoms with van der Waals surface area (Å²) >= 11 is 0. The Labute approximate surface area is 170 Å². The van der Waals surface area contributed by atoms with Crippen molar-refractivity contribution in [3.05, 3.63) is 84.4 Å². The quantitative estimate of drug-likeness (QED) is 0.540. The first-order chi connectivity index (χ1) is 14.3. The maximum Gasteiger partial charge on any atom is 0.109 e. The average molecular weight is 384 g/mol. The first kappa shape index (κ1) is 18.0. The van der Waals surface area contributed by atoms with Crippen molar-refractivity contribution in [1.29, 1.82) is 0 Å². The molecule has 0 saturated carbocycles. The Morgan fingerprint density at radius 2 is 1.76 bits per heavy atom. The number of hydrogen-bond donors (Lipinski definition) is 0. The Morgan fingerprint density at radius 3 is 2.59 bits per heavy atom. The van der Waals surface area contributed by atoms with Gasteiger partial charge >= 0.3 is 0 Å². The van der Waals surface area contributed by atoms with E-state index in [2.05, 4.69) is 86.9 Å². The van der Waals surface area contributed by atoms with Gasteiger partial charge in [0.25, 0.3) is 0 Å². The zero-order valence-electron chi connectivity index (χ0n) is 16.5. The number of likely N-dealkylation sites (N-methyl/N-ethyl adjacent to an activating group) is 1. The summed E-state index contributed by atoms with van der Waals surface area (Å²) in [5.41, 5.74) is 5.75. The van der Waals surface area contributed by atoms with Crippen LogP contribution in [0.15, 0.2) is 73.2 Å². The Balaban J connectivity index is 1.41. The highest BCUT2D eigenvalue weighted by molar-refractivity contribution is 5.66. The zero-order valence-corrected chi connectivity index (χ0v) is 16.5. The summed E-state index contributed by atoms with van der Waals surface area (Å²) in [5.74, 6) is 0. The van der Waals surface area contributed by atoms with Crippen molar-refractivity contribution >= 4 is 5.52 Å². The third-order valence-electron chi connectivity index (χ3n) is 5.75. The minimum atomic E-state index is 0.227. The van der Waals surface area contributed by atoms with Gasteiger partial charge < -0.3 is 0 Å². The molecular weight excluding hydrogens is 360 g/mol. The SMILES string of the molecule is CN1CCN(Cc2ccncc2)CC1c1nnn2cc(-c3ccccc3)ccc12. The number of aromatic nitrogens is 4. The second-order valence-corrected chi connectivity index (χ2v) is 7.68. The van der Waals surface area contributed by atoms with Crippen LogP contribution in [0.1, 0.15) is 17.3 Å². The summed E-state index contributed by atoms with van der Waals surface area (Å²) in [4.78, 5) is 9.00. The van der Waals surface area contributed by atoms with E-state index >= 15 is 0 Å². The van der Waals surface area contributed by atoms with Gasteiger partial charge in [-0.05, 0) is 36.4 Å². The van der Waals surface area contributed by atoms with Crippen molar-refractivity contribution in [1.82, 2.24) is 29.6 Å². The van der Waals surface area contributed by atoms with Crippen LogP contribution < -0.4 is 0 Å². The maximum atomic E-state index is 4.58. The lowest BCUT2D eigenvalue weighted by atomic mass is 10.1. The van der Waals surface area contributed by atoms with Crippen molar-refractivity contribution in [3.8, 4) is 11.1 Å². The number of piperazine rings is 1. The van der Waals surface area contributed by atoms with E-state index in [4.69, 9.17) is 0 Å². The Hall–Kier alpha value is -3.09. The molecule has 0 amide bonds. The fourth-order valence-electron chi connectivity index (χ4n) is 4.07. The van der Waals surface area contributed by atoms with E-state index in [0.717, 1.165) is 43.0 Å². The van der Waals surface area contributed by atoms with Crippen molar-refractivity contribution in [2.24, 2.45) is 0 Å². The molecule has 1 atom stereocenters. The summed E-state index contributed by atoms with van der Waals surface area (Å²) in [7, 11) is 2.18. The van der Waals surface area contributed by atoms with Crippen LogP contribution in [-0.4, -0.2) is 56.3 Å². The van der Waals surface area contributed by atoms with Crippen LogP contribution in [0.4, 0.5) is 0 Å². The van der Waals surface area contributed by atoms with Gasteiger partial charge in [-0.3, -0.25) is 14.8 Å². The lowest BCUT2D eigenvalue weighted by molar-refractivity contribution is 0.0889. The van der Waals surface area contributed by atoms with E-state index in [1.807, 2.05) is 23.0 Å². The number of fused-ring (bicyclic) bond motifs is 1. The van der Waals surface area contributed by atoms with Gasteiger partial charge in [0, 0.05) is 50.3 Å². The van der Waals surface area contributed by atoms with Gasteiger partial charge in [0.05, 0.1) is 11.6 Å². The molecule has 0 aliphatic carbocycles. The molecule has 5 rings (SSSR count). The topological polar surface area (TPSA) is 49.6 Å². The highest BCUT2D eigenvalue weighted by Gasteiger charge is 2.29. The number of nitrogens with zero attached hydrogens (tertiary/aromatic N) is 6. The van der Waals surface area contributed by atoms with Gasteiger partial charge in [-0.15, -0.1) is 5.10 Å². The van der Waals surface area contributed by atoms with Gasteiger partial charge in [-0.2, -0.15) is 0 Å². The molecule has 3 aromatic heterocycles. The zero-order chi connectivity index (χ0) is 19.6. The van der Waals surface area contributed by atoms with Crippen LogP contribution in [0, 0.1) is 0 Å². The molecule has 4 heterocycles. The smallest absolute Gasteiger partial charge is 0.109 e. The standard InChI is InChI=1S/C23H24N6/c1-27-13-14-28(15-18-9-11-24-12-10-18)17-22(27)23-21-8-7-20(16-29(21)26-25-23)19-5-3-2-4-6-19/h2-12,16,22H,13-15,17H2,1H3. The maximum absolute atomic E-state index is 4.58. The number of benzene rings is 1. The van der Waals surface area contributed by atoms with Crippen molar-refractivity contribution in [3.63, 3.8) is 0 Å². The Morgan fingerprint density at radius 1 is 0.931 bits per heavy atom. The van der Waals surface area contributed by atoms with E-state index in [9.17, 15) is 0 Å². The fraction of sp³-hybridized carbons (Fsp3) is 0.261. The minimum Gasteiger partial charge on any atom is -0.296 e. The van der Waals surface area contributed by atoms with Gasteiger partial charge in [0.15, 0.2) is 0 Å². The molecule has 6 heteroatoms. The highest BCUT2D eigenvalue weighted by Crippen LogP contribution is 2.28. The molecule has 0 spiro atoms. The monoisotopic (exact) mass is 384 g/mol. The van der Waals surface area contributed by atoms with Gasteiger partial charge in [-0.25, -0.2) is 4.52 Å². The molecule has 1 aromatic carbocycles. The molecule has 1 aliphatic heterocycles. The lowest BCUT2D eigenvalue weighted by Gasteiger charge is -2.38. The molecule has 1 unspecified atom stereocenters. The molecular formula is C23H24N6. The molecule has 0 bridgehead atoms. The predicted molar refractivity (Wildman–Crippen MR) is 113 cm³/mol. The number of hydrogen-bond acceptors (Lipinski definition) is 5. The van der Waals surface area contributed by atoms with Gasteiger partial charge in [0.2, 0.25) is 0 Å². The normalized spacial score (nSPS) is 18.3. The highest BCUT2D eigenvalue weighted by atomic mass is 15.4. The summed E-state index contributed by atoms with van der Waals surface area (Å²) in [5, 5.41) is 9.02. The van der Waals surface area contributed by atoms with Crippen molar-refractivity contribution in [2.75, 3.05) is 26.7 Å². The molecule has 1 fully saturated rings. The molecule has 0 radical (unpaired) electrons. The number of pyridine rings is 2. The largest absolute Gasteiger partial charge is 0.296 e. The third kappa shape index (κ3) is 3.64. The van der Waals surface area contributed by atoms with Crippen LogP contribution in [0.25, 0.3) is 16.6 Å². The first-order valence-corrected chi connectivity index (χ1v) is 10.00. The molecule has 29 heavy (non-hydrogen) atoms. The van der Waals surface area contributed by atoms with Crippen LogP contribution in [0.2, 0.25) is 0 Å². The third-order valence-corrected chi connectivity index (χ3v) is 5.75. The van der Waals surface area contributed by atoms with Crippen molar-refractivity contribution < 1.29 is 0 Å².